The minimum Gasteiger partial charge on any atom is -0.481 e. The van der Waals surface area contributed by atoms with Crippen molar-refractivity contribution in [3.63, 3.8) is 0 Å². The van der Waals surface area contributed by atoms with E-state index in [9.17, 15) is 0 Å². The van der Waals surface area contributed by atoms with Crippen LogP contribution in [0.1, 0.15) is 18.8 Å². The van der Waals surface area contributed by atoms with Crippen LogP contribution in [-0.2, 0) is 0 Å². The molecular weight excluding hydrogens is 206 g/mol. The highest BCUT2D eigenvalue weighted by atomic mass is 16.5. The van der Waals surface area contributed by atoms with E-state index in [1.807, 2.05) is 19.1 Å². The Labute approximate surface area is 93.1 Å². The van der Waals surface area contributed by atoms with Crippen LogP contribution in [0.5, 0.6) is 5.88 Å². The summed E-state index contributed by atoms with van der Waals surface area (Å²) in [6.07, 6.45) is 3.18. The molecule has 84 valence electrons. The van der Waals surface area contributed by atoms with Crippen LogP contribution in [0.4, 0.5) is 5.69 Å². The average Bonchev–Trinajstić information content (AvgIpc) is 2.83. The van der Waals surface area contributed by atoms with Crippen LogP contribution >= 0.6 is 0 Å². The van der Waals surface area contributed by atoms with Crippen LogP contribution in [-0.4, -0.2) is 27.3 Å². The Kier molecular flexibility index (Phi) is 3.00. The molecule has 16 heavy (non-hydrogen) atoms. The van der Waals surface area contributed by atoms with Gasteiger partial charge in [0.15, 0.2) is 0 Å². The molecule has 0 bridgehead atoms. The fraction of sp³-hybridized carbons (Fsp3) is 0.300. The van der Waals surface area contributed by atoms with Crippen molar-refractivity contribution in [3.8, 4) is 5.88 Å². The van der Waals surface area contributed by atoms with E-state index >= 15 is 0 Å². The fourth-order valence-electron chi connectivity index (χ4n) is 1.35. The van der Waals surface area contributed by atoms with Gasteiger partial charge in [-0.3, -0.25) is 5.10 Å². The maximum atomic E-state index is 5.04. The van der Waals surface area contributed by atoms with Crippen molar-refractivity contribution < 1.29 is 4.74 Å². The van der Waals surface area contributed by atoms with Crippen LogP contribution < -0.4 is 10.1 Å². The van der Waals surface area contributed by atoms with Gasteiger partial charge in [-0.2, -0.15) is 5.10 Å². The zero-order valence-corrected chi connectivity index (χ0v) is 9.14. The molecule has 0 saturated heterocycles. The summed E-state index contributed by atoms with van der Waals surface area (Å²) in [7, 11) is 1.59. The van der Waals surface area contributed by atoms with E-state index in [0.717, 1.165) is 11.5 Å². The number of methoxy groups -OCH3 is 1. The Bertz CT molecular complexity index is 442. The van der Waals surface area contributed by atoms with Gasteiger partial charge in [-0.15, -0.1) is 0 Å². The van der Waals surface area contributed by atoms with Crippen molar-refractivity contribution in [1.29, 1.82) is 0 Å². The minimum atomic E-state index is 0.0506. The molecule has 2 aromatic heterocycles. The van der Waals surface area contributed by atoms with Gasteiger partial charge in [0.05, 0.1) is 13.2 Å². The molecule has 0 aliphatic rings. The van der Waals surface area contributed by atoms with Crippen LogP contribution in [0.15, 0.2) is 24.7 Å². The maximum absolute atomic E-state index is 5.04. The zero-order valence-electron chi connectivity index (χ0n) is 9.14. The Balaban J connectivity index is 2.08. The van der Waals surface area contributed by atoms with Gasteiger partial charge in [0, 0.05) is 18.0 Å². The fourth-order valence-corrected chi connectivity index (χ4v) is 1.35. The molecule has 2 rings (SSSR count). The first kappa shape index (κ1) is 10.4. The Hall–Kier alpha value is -2.11. The molecule has 1 atom stereocenters. The quantitative estimate of drug-likeness (QED) is 0.812. The lowest BCUT2D eigenvalue weighted by atomic mass is 10.3. The molecule has 2 heterocycles. The first-order valence-electron chi connectivity index (χ1n) is 4.91. The van der Waals surface area contributed by atoms with E-state index in [2.05, 4.69) is 25.5 Å². The van der Waals surface area contributed by atoms with Crippen molar-refractivity contribution in [2.24, 2.45) is 0 Å². The summed E-state index contributed by atoms with van der Waals surface area (Å²) in [6.45, 7) is 1.99. The number of nitrogens with one attached hydrogen (secondary N) is 2. The molecular formula is C10H13N5O. The van der Waals surface area contributed by atoms with Crippen molar-refractivity contribution >= 4 is 5.69 Å². The number of anilines is 1. The molecule has 0 aliphatic carbocycles. The molecule has 2 N–H and O–H groups in total. The number of aromatic amines is 1. The summed E-state index contributed by atoms with van der Waals surface area (Å²) in [4.78, 5) is 8.11. The third kappa shape index (κ3) is 2.28. The lowest BCUT2D eigenvalue weighted by molar-refractivity contribution is 0.398. The lowest BCUT2D eigenvalue weighted by Crippen LogP contribution is -2.08. The summed E-state index contributed by atoms with van der Waals surface area (Å²) in [5.74, 6) is 1.37. The maximum Gasteiger partial charge on any atom is 0.214 e. The van der Waals surface area contributed by atoms with Gasteiger partial charge in [0.25, 0.3) is 0 Å². The standard InChI is InChI=1S/C10H13N5O/c1-7(10-12-6-13-15-10)14-8-3-4-11-9(5-8)16-2/h3-7H,1-2H3,(H,11,14)(H,12,13,15). The number of ether oxygens (including phenoxy) is 1. The van der Waals surface area contributed by atoms with E-state index in [4.69, 9.17) is 4.74 Å². The summed E-state index contributed by atoms with van der Waals surface area (Å²) < 4.78 is 5.04. The van der Waals surface area contributed by atoms with E-state index in [1.165, 1.54) is 6.33 Å². The Morgan fingerprint density at radius 2 is 2.31 bits per heavy atom. The molecule has 0 radical (unpaired) electrons. The van der Waals surface area contributed by atoms with Gasteiger partial charge < -0.3 is 10.1 Å². The summed E-state index contributed by atoms with van der Waals surface area (Å²) in [6, 6.07) is 3.75. The number of hydrogen-bond acceptors (Lipinski definition) is 5. The molecule has 0 fully saturated rings. The SMILES string of the molecule is COc1cc(NC(C)c2ncn[nH]2)ccn1. The third-order valence-corrected chi connectivity index (χ3v) is 2.17. The Morgan fingerprint density at radius 1 is 1.44 bits per heavy atom. The van der Waals surface area contributed by atoms with Gasteiger partial charge in [0.2, 0.25) is 5.88 Å². The van der Waals surface area contributed by atoms with Crippen LogP contribution in [0.2, 0.25) is 0 Å². The van der Waals surface area contributed by atoms with Gasteiger partial charge in [-0.25, -0.2) is 9.97 Å². The zero-order chi connectivity index (χ0) is 11.4. The largest absolute Gasteiger partial charge is 0.481 e. The number of pyridine rings is 1. The van der Waals surface area contributed by atoms with E-state index in [0.29, 0.717) is 5.88 Å². The topological polar surface area (TPSA) is 75.7 Å². The minimum absolute atomic E-state index is 0.0506. The Morgan fingerprint density at radius 3 is 3.00 bits per heavy atom. The molecule has 0 aromatic carbocycles. The monoisotopic (exact) mass is 219 g/mol. The average molecular weight is 219 g/mol. The predicted molar refractivity (Wildman–Crippen MR) is 59.2 cm³/mol. The summed E-state index contributed by atoms with van der Waals surface area (Å²) in [5.41, 5.74) is 0.927. The highest BCUT2D eigenvalue weighted by molar-refractivity contribution is 5.46. The van der Waals surface area contributed by atoms with Crippen molar-refractivity contribution in [2.45, 2.75) is 13.0 Å². The van der Waals surface area contributed by atoms with Crippen molar-refractivity contribution in [2.75, 3.05) is 12.4 Å². The highest BCUT2D eigenvalue weighted by Crippen LogP contribution is 2.18. The normalized spacial score (nSPS) is 12.1. The number of rotatable bonds is 4. The van der Waals surface area contributed by atoms with Crippen molar-refractivity contribution in [1.82, 2.24) is 20.2 Å². The molecule has 0 saturated carbocycles. The number of aromatic nitrogens is 4. The highest BCUT2D eigenvalue weighted by Gasteiger charge is 2.08. The molecule has 0 spiro atoms. The number of nitrogens with zero attached hydrogens (tertiary/aromatic N) is 3. The predicted octanol–water partition coefficient (Wildman–Crippen LogP) is 1.38. The van der Waals surface area contributed by atoms with Crippen LogP contribution in [0.3, 0.4) is 0 Å². The van der Waals surface area contributed by atoms with E-state index < -0.39 is 0 Å². The third-order valence-electron chi connectivity index (χ3n) is 2.17. The van der Waals surface area contributed by atoms with Crippen molar-refractivity contribution in [3.05, 3.63) is 30.5 Å². The lowest BCUT2D eigenvalue weighted by Gasteiger charge is -2.12. The number of H-pyrrole nitrogens is 1. The van der Waals surface area contributed by atoms with E-state index in [1.54, 1.807) is 13.3 Å². The molecule has 0 amide bonds. The second-order valence-corrected chi connectivity index (χ2v) is 3.32. The molecule has 1 unspecified atom stereocenters. The number of hydrogen-bond donors (Lipinski definition) is 2. The van der Waals surface area contributed by atoms with Crippen LogP contribution in [0, 0.1) is 0 Å². The molecule has 0 aliphatic heterocycles. The smallest absolute Gasteiger partial charge is 0.214 e. The van der Waals surface area contributed by atoms with Gasteiger partial charge in [-0.05, 0) is 13.0 Å². The van der Waals surface area contributed by atoms with Gasteiger partial charge in [-0.1, -0.05) is 0 Å². The van der Waals surface area contributed by atoms with E-state index in [-0.39, 0.29) is 6.04 Å². The first-order valence-corrected chi connectivity index (χ1v) is 4.91. The van der Waals surface area contributed by atoms with Gasteiger partial charge in [0.1, 0.15) is 12.2 Å². The molecule has 6 heteroatoms. The van der Waals surface area contributed by atoms with Crippen LogP contribution in [0.25, 0.3) is 0 Å². The second-order valence-electron chi connectivity index (χ2n) is 3.32. The van der Waals surface area contributed by atoms with Gasteiger partial charge >= 0.3 is 0 Å². The second kappa shape index (κ2) is 4.61. The summed E-state index contributed by atoms with van der Waals surface area (Å²) >= 11 is 0. The molecule has 6 nitrogen and oxygen atoms in total. The first-order chi connectivity index (χ1) is 7.79. The summed E-state index contributed by atoms with van der Waals surface area (Å²) in [5, 5.41) is 9.89. The molecule has 2 aromatic rings.